The summed E-state index contributed by atoms with van der Waals surface area (Å²) < 4.78 is 40.2. The smallest absolute Gasteiger partial charge is 0.267 e. The number of hydrogen-bond acceptors (Lipinski definition) is 4. The number of halogens is 1. The minimum absolute atomic E-state index is 0.102. The van der Waals surface area contributed by atoms with Crippen molar-refractivity contribution in [2.24, 2.45) is 5.10 Å². The summed E-state index contributed by atoms with van der Waals surface area (Å²) in [7, 11) is -3.62. The number of sulfonamides is 1. The van der Waals surface area contributed by atoms with Crippen LogP contribution in [0.5, 0.6) is 0 Å². The lowest BCUT2D eigenvalue weighted by atomic mass is 10.1. The van der Waals surface area contributed by atoms with Gasteiger partial charge in [0.05, 0.1) is 10.6 Å². The summed E-state index contributed by atoms with van der Waals surface area (Å²) >= 11 is 0. The first-order valence-corrected chi connectivity index (χ1v) is 11.1. The Morgan fingerprint density at radius 1 is 1.07 bits per heavy atom. The summed E-state index contributed by atoms with van der Waals surface area (Å²) in [5.41, 5.74) is 3.98. The SMILES string of the molecule is CC/C(=N\NC(=O)c1cccc(S(=O)(=O)N2CCCCC2)c1)c1ccc(F)cc1. The Hall–Kier alpha value is -2.58. The molecule has 154 valence electrons. The molecule has 0 radical (unpaired) electrons. The molecular weight excluding hydrogens is 393 g/mol. The fraction of sp³-hybridized carbons (Fsp3) is 0.333. The molecule has 1 heterocycles. The summed E-state index contributed by atoms with van der Waals surface area (Å²) in [6, 6.07) is 11.8. The van der Waals surface area contributed by atoms with Gasteiger partial charge in [-0.05, 0) is 55.2 Å². The Bertz CT molecular complexity index is 998. The molecule has 1 saturated heterocycles. The highest BCUT2D eigenvalue weighted by molar-refractivity contribution is 7.89. The summed E-state index contributed by atoms with van der Waals surface area (Å²) in [5, 5.41) is 4.13. The second-order valence-corrected chi connectivity index (χ2v) is 8.79. The number of nitrogens with one attached hydrogen (secondary N) is 1. The highest BCUT2D eigenvalue weighted by atomic mass is 32.2. The number of carbonyl (C=O) groups is 1. The molecule has 1 aliphatic rings. The van der Waals surface area contributed by atoms with E-state index in [0.29, 0.717) is 30.8 Å². The van der Waals surface area contributed by atoms with E-state index in [1.54, 1.807) is 24.3 Å². The molecule has 8 heteroatoms. The summed E-state index contributed by atoms with van der Waals surface area (Å²) in [4.78, 5) is 12.6. The predicted molar refractivity (Wildman–Crippen MR) is 110 cm³/mol. The number of carbonyl (C=O) groups excluding carboxylic acids is 1. The van der Waals surface area contributed by atoms with Crippen LogP contribution in [0.3, 0.4) is 0 Å². The molecule has 1 amide bonds. The van der Waals surface area contributed by atoms with Crippen LogP contribution in [0.1, 0.15) is 48.5 Å². The normalized spacial score (nSPS) is 15.9. The maximum Gasteiger partial charge on any atom is 0.271 e. The number of benzene rings is 2. The number of hydrogen-bond donors (Lipinski definition) is 1. The van der Waals surface area contributed by atoms with Crippen LogP contribution in [0, 0.1) is 5.82 Å². The molecule has 0 bridgehead atoms. The third-order valence-corrected chi connectivity index (χ3v) is 6.75. The molecule has 6 nitrogen and oxygen atoms in total. The van der Waals surface area contributed by atoms with Gasteiger partial charge >= 0.3 is 0 Å². The Morgan fingerprint density at radius 2 is 1.76 bits per heavy atom. The largest absolute Gasteiger partial charge is 0.271 e. The second kappa shape index (κ2) is 9.28. The highest BCUT2D eigenvalue weighted by Gasteiger charge is 2.26. The van der Waals surface area contributed by atoms with Crippen LogP contribution in [-0.2, 0) is 10.0 Å². The van der Waals surface area contributed by atoms with Gasteiger partial charge in [-0.3, -0.25) is 4.79 Å². The van der Waals surface area contributed by atoms with Crippen molar-refractivity contribution in [2.75, 3.05) is 13.1 Å². The Kier molecular flexibility index (Phi) is 6.76. The average Bonchev–Trinajstić information content (AvgIpc) is 2.76. The van der Waals surface area contributed by atoms with Crippen LogP contribution >= 0.6 is 0 Å². The molecule has 29 heavy (non-hydrogen) atoms. The lowest BCUT2D eigenvalue weighted by molar-refractivity contribution is 0.0954. The van der Waals surface area contributed by atoms with Crippen molar-refractivity contribution in [3.05, 3.63) is 65.5 Å². The topological polar surface area (TPSA) is 78.8 Å². The fourth-order valence-electron chi connectivity index (χ4n) is 3.22. The van der Waals surface area contributed by atoms with Gasteiger partial charge in [-0.25, -0.2) is 18.2 Å². The molecule has 0 unspecified atom stereocenters. The van der Waals surface area contributed by atoms with Crippen molar-refractivity contribution in [3.8, 4) is 0 Å². The fourth-order valence-corrected chi connectivity index (χ4v) is 4.79. The molecule has 2 aromatic carbocycles. The third kappa shape index (κ3) is 5.07. The molecule has 0 aliphatic carbocycles. The molecule has 2 aromatic rings. The minimum atomic E-state index is -3.62. The van der Waals surface area contributed by atoms with Gasteiger partial charge in [-0.2, -0.15) is 9.41 Å². The van der Waals surface area contributed by atoms with Crippen LogP contribution in [0.4, 0.5) is 4.39 Å². The summed E-state index contributed by atoms with van der Waals surface area (Å²) in [6.45, 7) is 2.88. The van der Waals surface area contributed by atoms with Crippen molar-refractivity contribution in [1.82, 2.24) is 9.73 Å². The zero-order valence-corrected chi connectivity index (χ0v) is 17.1. The molecule has 1 N–H and O–H groups in total. The zero-order valence-electron chi connectivity index (χ0n) is 16.3. The number of amides is 1. The van der Waals surface area contributed by atoms with E-state index in [2.05, 4.69) is 10.5 Å². The first kappa shape index (κ1) is 21.1. The van der Waals surface area contributed by atoms with Crippen LogP contribution in [0.15, 0.2) is 58.5 Å². The Balaban J connectivity index is 1.77. The van der Waals surface area contributed by atoms with Gasteiger partial charge in [0.15, 0.2) is 0 Å². The van der Waals surface area contributed by atoms with Crippen molar-refractivity contribution in [1.29, 1.82) is 0 Å². The van der Waals surface area contributed by atoms with Crippen molar-refractivity contribution in [3.63, 3.8) is 0 Å². The van der Waals surface area contributed by atoms with Gasteiger partial charge in [-0.1, -0.05) is 31.5 Å². The van der Waals surface area contributed by atoms with Gasteiger partial charge in [0.25, 0.3) is 5.91 Å². The second-order valence-electron chi connectivity index (χ2n) is 6.85. The van der Waals surface area contributed by atoms with E-state index in [9.17, 15) is 17.6 Å². The van der Waals surface area contributed by atoms with Crippen LogP contribution in [0.25, 0.3) is 0 Å². The monoisotopic (exact) mass is 417 g/mol. The molecule has 3 rings (SSSR count). The number of hydrazone groups is 1. The van der Waals surface area contributed by atoms with E-state index in [1.807, 2.05) is 6.92 Å². The van der Waals surface area contributed by atoms with E-state index in [4.69, 9.17) is 0 Å². The van der Waals surface area contributed by atoms with Crippen LogP contribution < -0.4 is 5.43 Å². The molecule has 0 saturated carbocycles. The third-order valence-electron chi connectivity index (χ3n) is 4.85. The average molecular weight is 418 g/mol. The van der Waals surface area contributed by atoms with E-state index < -0.39 is 15.9 Å². The Morgan fingerprint density at radius 3 is 2.41 bits per heavy atom. The van der Waals surface area contributed by atoms with Gasteiger partial charge in [0.2, 0.25) is 10.0 Å². The van der Waals surface area contributed by atoms with Crippen molar-refractivity contribution < 1.29 is 17.6 Å². The molecule has 0 spiro atoms. The van der Waals surface area contributed by atoms with Gasteiger partial charge in [0, 0.05) is 18.7 Å². The molecular formula is C21H24FN3O3S. The molecule has 0 aromatic heterocycles. The first-order valence-electron chi connectivity index (χ1n) is 9.65. The van der Waals surface area contributed by atoms with E-state index in [1.165, 1.54) is 28.6 Å². The summed E-state index contributed by atoms with van der Waals surface area (Å²) in [6.07, 6.45) is 3.25. The standard InChI is InChI=1S/C21H24FN3O3S/c1-2-20(16-9-11-18(22)12-10-16)23-24-21(26)17-7-6-8-19(15-17)29(27,28)25-13-4-3-5-14-25/h6-12,15H,2-5,13-14H2,1H3,(H,24,26)/b23-20+. The minimum Gasteiger partial charge on any atom is -0.267 e. The molecule has 1 fully saturated rings. The lowest BCUT2D eigenvalue weighted by Gasteiger charge is -2.25. The van der Waals surface area contributed by atoms with E-state index >= 15 is 0 Å². The first-order chi connectivity index (χ1) is 13.9. The van der Waals surface area contributed by atoms with Gasteiger partial charge < -0.3 is 0 Å². The lowest BCUT2D eigenvalue weighted by Crippen LogP contribution is -2.35. The molecule has 0 atom stereocenters. The van der Waals surface area contributed by atoms with Gasteiger partial charge in [0.1, 0.15) is 5.82 Å². The number of rotatable bonds is 6. The predicted octanol–water partition coefficient (Wildman–Crippen LogP) is 3.54. The maximum absolute atomic E-state index is 13.1. The van der Waals surface area contributed by atoms with Crippen LogP contribution in [0.2, 0.25) is 0 Å². The quantitative estimate of drug-likeness (QED) is 0.577. The maximum atomic E-state index is 13.1. The van der Waals surface area contributed by atoms with Gasteiger partial charge in [-0.15, -0.1) is 0 Å². The number of nitrogens with zero attached hydrogens (tertiary/aromatic N) is 2. The summed E-state index contributed by atoms with van der Waals surface area (Å²) in [5.74, 6) is -0.853. The van der Waals surface area contributed by atoms with Crippen molar-refractivity contribution >= 4 is 21.6 Å². The van der Waals surface area contributed by atoms with Crippen molar-refractivity contribution in [2.45, 2.75) is 37.5 Å². The Labute approximate surface area is 170 Å². The van der Waals surface area contributed by atoms with E-state index in [-0.39, 0.29) is 16.3 Å². The van der Waals surface area contributed by atoms with E-state index in [0.717, 1.165) is 19.3 Å². The highest BCUT2D eigenvalue weighted by Crippen LogP contribution is 2.21. The molecule has 1 aliphatic heterocycles. The van der Waals surface area contributed by atoms with Crippen LogP contribution in [-0.4, -0.2) is 37.4 Å². The zero-order chi connectivity index (χ0) is 20.9. The number of piperidine rings is 1.